The highest BCUT2D eigenvalue weighted by atomic mass is 16.5. The largest absolute Gasteiger partial charge is 0.493 e. The number of ether oxygens (including phenoxy) is 1. The van der Waals surface area contributed by atoms with E-state index in [-0.39, 0.29) is 0 Å². The summed E-state index contributed by atoms with van der Waals surface area (Å²) in [4.78, 5) is 0. The van der Waals surface area contributed by atoms with E-state index in [4.69, 9.17) is 4.74 Å². The van der Waals surface area contributed by atoms with E-state index in [1.807, 2.05) is 19.1 Å². The quantitative estimate of drug-likeness (QED) is 0.774. The number of hydrogen-bond acceptors (Lipinski definition) is 3. The Hall–Kier alpha value is -1.06. The summed E-state index contributed by atoms with van der Waals surface area (Å²) in [7, 11) is 4.06. The summed E-state index contributed by atoms with van der Waals surface area (Å²) < 4.78 is 5.83. The van der Waals surface area contributed by atoms with Gasteiger partial charge in [0.2, 0.25) is 0 Å². The fraction of sp³-hybridized carbons (Fsp3) is 0.538. The standard InChI is InChI=1S/C13H20N2O/c1-10-6-4-7-11-12(14-15(2)3)8-5-9-16-13(10)11/h4,6-7,12,14H,5,8-9H2,1-3H3. The van der Waals surface area contributed by atoms with Gasteiger partial charge in [0.05, 0.1) is 12.6 Å². The molecule has 88 valence electrons. The van der Waals surface area contributed by atoms with Crippen molar-refractivity contribution >= 4 is 0 Å². The second kappa shape index (κ2) is 4.85. The summed E-state index contributed by atoms with van der Waals surface area (Å²) in [5, 5.41) is 2.02. The lowest BCUT2D eigenvalue weighted by molar-refractivity contribution is 0.234. The van der Waals surface area contributed by atoms with E-state index in [9.17, 15) is 0 Å². The first-order valence-corrected chi connectivity index (χ1v) is 5.84. The van der Waals surface area contributed by atoms with Crippen LogP contribution in [0.1, 0.15) is 30.0 Å². The maximum atomic E-state index is 5.83. The van der Waals surface area contributed by atoms with Gasteiger partial charge in [0.25, 0.3) is 0 Å². The third-order valence-corrected chi connectivity index (χ3v) is 2.92. The molecule has 1 N–H and O–H groups in total. The molecule has 3 heteroatoms. The minimum absolute atomic E-state index is 0.368. The van der Waals surface area contributed by atoms with Gasteiger partial charge in [0, 0.05) is 19.7 Å². The molecule has 0 radical (unpaired) electrons. The van der Waals surface area contributed by atoms with E-state index in [0.29, 0.717) is 6.04 Å². The smallest absolute Gasteiger partial charge is 0.127 e. The first-order valence-electron chi connectivity index (χ1n) is 5.84. The maximum absolute atomic E-state index is 5.83. The fourth-order valence-corrected chi connectivity index (χ4v) is 2.21. The average Bonchev–Trinajstić information content (AvgIpc) is 2.42. The number of nitrogens with zero attached hydrogens (tertiary/aromatic N) is 1. The van der Waals surface area contributed by atoms with Crippen LogP contribution < -0.4 is 10.2 Å². The Kier molecular flexibility index (Phi) is 3.46. The number of benzene rings is 1. The molecule has 1 unspecified atom stereocenters. The number of nitrogens with one attached hydrogen (secondary N) is 1. The molecular weight excluding hydrogens is 200 g/mol. The lowest BCUT2D eigenvalue weighted by Crippen LogP contribution is -2.34. The van der Waals surface area contributed by atoms with Crippen molar-refractivity contribution in [1.82, 2.24) is 10.4 Å². The van der Waals surface area contributed by atoms with E-state index < -0.39 is 0 Å². The van der Waals surface area contributed by atoms with Crippen LogP contribution >= 0.6 is 0 Å². The van der Waals surface area contributed by atoms with Gasteiger partial charge < -0.3 is 4.74 Å². The number of hydrazine groups is 1. The van der Waals surface area contributed by atoms with Crippen molar-refractivity contribution in [2.24, 2.45) is 0 Å². The van der Waals surface area contributed by atoms with E-state index in [1.165, 1.54) is 11.1 Å². The van der Waals surface area contributed by atoms with Crippen LogP contribution in [0.3, 0.4) is 0 Å². The molecule has 3 nitrogen and oxygen atoms in total. The molecule has 1 aliphatic heterocycles. The van der Waals surface area contributed by atoms with Gasteiger partial charge in [-0.2, -0.15) is 0 Å². The van der Waals surface area contributed by atoms with Crippen LogP contribution in [0.5, 0.6) is 5.75 Å². The lowest BCUT2D eigenvalue weighted by atomic mass is 10.0. The number of aryl methyl sites for hydroxylation is 1. The van der Waals surface area contributed by atoms with Crippen LogP contribution in [0.15, 0.2) is 18.2 Å². The molecule has 1 aromatic carbocycles. The number of rotatable bonds is 2. The molecular formula is C13H20N2O. The molecule has 16 heavy (non-hydrogen) atoms. The Labute approximate surface area is 97.4 Å². The van der Waals surface area contributed by atoms with Crippen LogP contribution in [-0.4, -0.2) is 25.7 Å². The number of fused-ring (bicyclic) bond motifs is 1. The van der Waals surface area contributed by atoms with Gasteiger partial charge in [-0.15, -0.1) is 0 Å². The van der Waals surface area contributed by atoms with Crippen LogP contribution in [0.2, 0.25) is 0 Å². The molecule has 0 aliphatic carbocycles. The molecule has 1 aromatic rings. The molecule has 2 rings (SSSR count). The van der Waals surface area contributed by atoms with Gasteiger partial charge in [-0.25, -0.2) is 5.43 Å². The zero-order valence-electron chi connectivity index (χ0n) is 10.3. The summed E-state index contributed by atoms with van der Waals surface area (Å²) >= 11 is 0. The van der Waals surface area contributed by atoms with Crippen molar-refractivity contribution in [3.05, 3.63) is 29.3 Å². The van der Waals surface area contributed by atoms with Crippen molar-refractivity contribution in [3.8, 4) is 5.75 Å². The second-order valence-electron chi connectivity index (χ2n) is 4.56. The van der Waals surface area contributed by atoms with Crippen molar-refractivity contribution in [2.75, 3.05) is 20.7 Å². The monoisotopic (exact) mass is 220 g/mol. The van der Waals surface area contributed by atoms with E-state index >= 15 is 0 Å². The highest BCUT2D eigenvalue weighted by Crippen LogP contribution is 2.33. The predicted octanol–water partition coefficient (Wildman–Crippen LogP) is 2.27. The zero-order valence-corrected chi connectivity index (χ0v) is 10.3. The van der Waals surface area contributed by atoms with Crippen LogP contribution in [-0.2, 0) is 0 Å². The van der Waals surface area contributed by atoms with Gasteiger partial charge in [-0.05, 0) is 25.3 Å². The molecule has 1 aliphatic rings. The van der Waals surface area contributed by atoms with Gasteiger partial charge in [-0.3, -0.25) is 5.01 Å². The van der Waals surface area contributed by atoms with Gasteiger partial charge >= 0.3 is 0 Å². The lowest BCUT2D eigenvalue weighted by Gasteiger charge is -2.23. The van der Waals surface area contributed by atoms with Crippen molar-refractivity contribution in [1.29, 1.82) is 0 Å². The summed E-state index contributed by atoms with van der Waals surface area (Å²) in [5.41, 5.74) is 5.97. The molecule has 0 aromatic heterocycles. The molecule has 0 spiro atoms. The molecule has 1 heterocycles. The maximum Gasteiger partial charge on any atom is 0.127 e. The van der Waals surface area contributed by atoms with Crippen LogP contribution in [0.4, 0.5) is 0 Å². The fourth-order valence-electron chi connectivity index (χ4n) is 2.21. The molecule has 0 bridgehead atoms. The molecule has 0 fully saturated rings. The van der Waals surface area contributed by atoms with Crippen molar-refractivity contribution < 1.29 is 4.74 Å². The van der Waals surface area contributed by atoms with Crippen LogP contribution in [0.25, 0.3) is 0 Å². The predicted molar refractivity (Wildman–Crippen MR) is 65.5 cm³/mol. The first kappa shape index (κ1) is 11.4. The zero-order chi connectivity index (χ0) is 11.5. The topological polar surface area (TPSA) is 24.5 Å². The Morgan fingerprint density at radius 2 is 2.19 bits per heavy atom. The third kappa shape index (κ3) is 2.36. The summed E-state index contributed by atoms with van der Waals surface area (Å²) in [5.74, 6) is 1.07. The number of para-hydroxylation sites is 1. The molecule has 0 saturated carbocycles. The first-order chi connectivity index (χ1) is 7.68. The number of hydrogen-bond donors (Lipinski definition) is 1. The average molecular weight is 220 g/mol. The molecule has 1 atom stereocenters. The molecule has 0 amide bonds. The van der Waals surface area contributed by atoms with E-state index in [0.717, 1.165) is 25.2 Å². The summed E-state index contributed by atoms with van der Waals surface area (Å²) in [6, 6.07) is 6.74. The highest BCUT2D eigenvalue weighted by Gasteiger charge is 2.20. The van der Waals surface area contributed by atoms with E-state index in [2.05, 4.69) is 30.5 Å². The minimum atomic E-state index is 0.368. The van der Waals surface area contributed by atoms with E-state index in [1.54, 1.807) is 0 Å². The van der Waals surface area contributed by atoms with Gasteiger partial charge in [-0.1, -0.05) is 18.2 Å². The Morgan fingerprint density at radius 1 is 1.38 bits per heavy atom. The highest BCUT2D eigenvalue weighted by molar-refractivity contribution is 5.43. The minimum Gasteiger partial charge on any atom is -0.493 e. The molecule has 0 saturated heterocycles. The van der Waals surface area contributed by atoms with Gasteiger partial charge in [0.15, 0.2) is 0 Å². The van der Waals surface area contributed by atoms with Crippen molar-refractivity contribution in [2.45, 2.75) is 25.8 Å². The Balaban J connectivity index is 2.33. The third-order valence-electron chi connectivity index (χ3n) is 2.92. The normalized spacial score (nSPS) is 20.1. The van der Waals surface area contributed by atoms with Crippen LogP contribution in [0, 0.1) is 6.92 Å². The van der Waals surface area contributed by atoms with Crippen molar-refractivity contribution in [3.63, 3.8) is 0 Å². The summed E-state index contributed by atoms with van der Waals surface area (Å²) in [6.07, 6.45) is 2.22. The Bertz CT molecular complexity index is 363. The summed E-state index contributed by atoms with van der Waals surface area (Å²) in [6.45, 7) is 2.93. The Morgan fingerprint density at radius 3 is 2.94 bits per heavy atom. The van der Waals surface area contributed by atoms with Gasteiger partial charge in [0.1, 0.15) is 5.75 Å². The SMILES string of the molecule is Cc1cccc2c1OCCCC2NN(C)C. The second-order valence-corrected chi connectivity index (χ2v) is 4.56.